The van der Waals surface area contributed by atoms with E-state index in [2.05, 4.69) is 23.5 Å². The number of primary amides is 1. The molecule has 2 aliphatic carbocycles. The van der Waals surface area contributed by atoms with Crippen LogP contribution in [0, 0.1) is 0 Å². The number of carbonyl (C=O) groups is 2. The second-order valence-electron chi connectivity index (χ2n) is 8.23. The van der Waals surface area contributed by atoms with Gasteiger partial charge in [0.1, 0.15) is 14.7 Å². The lowest BCUT2D eigenvalue weighted by molar-refractivity contribution is 0.100. The maximum absolute atomic E-state index is 13.2. The number of thiophene rings is 2. The normalized spacial score (nSPS) is 14.1. The predicted molar refractivity (Wildman–Crippen MR) is 130 cm³/mol. The van der Waals surface area contributed by atoms with Crippen molar-refractivity contribution >= 4 is 55.4 Å². The lowest BCUT2D eigenvalue weighted by Crippen LogP contribution is -2.18. The Balaban J connectivity index is 1.41. The van der Waals surface area contributed by atoms with Gasteiger partial charge in [0, 0.05) is 16.0 Å². The predicted octanol–water partition coefficient (Wildman–Crippen LogP) is 4.55. The maximum Gasteiger partial charge on any atom is 0.268 e. The smallest absolute Gasteiger partial charge is 0.268 e. The van der Waals surface area contributed by atoms with E-state index in [9.17, 15) is 9.59 Å². The molecule has 3 aromatic heterocycles. The van der Waals surface area contributed by atoms with Crippen molar-refractivity contribution in [2.24, 2.45) is 5.73 Å². The quantitative estimate of drug-likeness (QED) is 0.417. The van der Waals surface area contributed by atoms with E-state index in [1.807, 2.05) is 12.1 Å². The molecule has 0 bridgehead atoms. The number of benzene rings is 1. The molecule has 0 atom stereocenters. The first-order valence-corrected chi connectivity index (χ1v) is 12.2. The number of pyridine rings is 1. The Morgan fingerprint density at radius 2 is 1.88 bits per heavy atom. The zero-order valence-corrected chi connectivity index (χ0v) is 18.8. The van der Waals surface area contributed by atoms with Crippen molar-refractivity contribution in [3.63, 3.8) is 0 Å². The number of nitrogen functional groups attached to an aromatic ring is 1. The van der Waals surface area contributed by atoms with E-state index in [4.69, 9.17) is 16.5 Å². The molecule has 2 aliphatic rings. The summed E-state index contributed by atoms with van der Waals surface area (Å²) >= 11 is 2.70. The van der Waals surface area contributed by atoms with Gasteiger partial charge in [0.15, 0.2) is 0 Å². The van der Waals surface area contributed by atoms with Gasteiger partial charge in [0.05, 0.1) is 11.3 Å². The van der Waals surface area contributed by atoms with Crippen LogP contribution in [-0.4, -0.2) is 16.8 Å². The first-order chi connectivity index (χ1) is 15.5. The van der Waals surface area contributed by atoms with Crippen molar-refractivity contribution in [3.05, 3.63) is 63.2 Å². The van der Waals surface area contributed by atoms with Gasteiger partial charge in [-0.15, -0.1) is 22.7 Å². The molecule has 2 amide bonds. The van der Waals surface area contributed by atoms with Crippen molar-refractivity contribution < 1.29 is 9.59 Å². The number of aromatic nitrogens is 1. The number of hydrogen-bond donors (Lipinski definition) is 3. The Hall–Kier alpha value is -3.23. The van der Waals surface area contributed by atoms with Crippen LogP contribution < -0.4 is 16.8 Å². The molecule has 0 radical (unpaired) electrons. The van der Waals surface area contributed by atoms with Crippen LogP contribution in [0.25, 0.3) is 20.7 Å². The van der Waals surface area contributed by atoms with Crippen LogP contribution in [-0.2, 0) is 25.7 Å². The van der Waals surface area contributed by atoms with Gasteiger partial charge in [0.2, 0.25) is 0 Å². The van der Waals surface area contributed by atoms with Gasteiger partial charge < -0.3 is 16.8 Å². The summed E-state index contributed by atoms with van der Waals surface area (Å²) in [6.07, 6.45) is 4.63. The van der Waals surface area contributed by atoms with Gasteiger partial charge in [-0.25, -0.2) is 4.98 Å². The van der Waals surface area contributed by atoms with E-state index in [1.54, 1.807) is 0 Å². The van der Waals surface area contributed by atoms with Crippen LogP contribution in [0.5, 0.6) is 0 Å². The van der Waals surface area contributed by atoms with Crippen molar-refractivity contribution in [2.45, 2.75) is 32.1 Å². The molecule has 5 N–H and O–H groups in total. The fraction of sp³-hybridized carbons (Fsp3) is 0.208. The highest BCUT2D eigenvalue weighted by Gasteiger charge is 2.29. The van der Waals surface area contributed by atoms with Crippen molar-refractivity contribution in [3.8, 4) is 10.4 Å². The maximum atomic E-state index is 13.2. The number of aryl methyl sites for hydroxylation is 3. The molecular weight excluding hydrogens is 440 g/mol. The highest BCUT2D eigenvalue weighted by atomic mass is 32.1. The minimum atomic E-state index is -0.528. The Bertz CT molecular complexity index is 1450. The van der Waals surface area contributed by atoms with E-state index in [-0.39, 0.29) is 5.91 Å². The summed E-state index contributed by atoms with van der Waals surface area (Å²) in [4.78, 5) is 32.5. The van der Waals surface area contributed by atoms with Crippen LogP contribution >= 0.6 is 22.7 Å². The van der Waals surface area contributed by atoms with Crippen LogP contribution in [0.1, 0.15) is 48.8 Å². The van der Waals surface area contributed by atoms with Crippen LogP contribution in [0.2, 0.25) is 0 Å². The minimum Gasteiger partial charge on any atom is -0.397 e. The van der Waals surface area contributed by atoms with E-state index in [0.717, 1.165) is 64.0 Å². The Morgan fingerprint density at radius 1 is 1.03 bits per heavy atom. The lowest BCUT2D eigenvalue weighted by Gasteiger charge is -2.16. The number of nitrogens with zero attached hydrogens (tertiary/aromatic N) is 1. The Labute approximate surface area is 192 Å². The lowest BCUT2D eigenvalue weighted by atomic mass is 9.89. The van der Waals surface area contributed by atoms with Crippen molar-refractivity contribution in [1.82, 2.24) is 4.98 Å². The zero-order chi connectivity index (χ0) is 22.0. The molecule has 1 aromatic carbocycles. The average molecular weight is 461 g/mol. The van der Waals surface area contributed by atoms with Crippen LogP contribution in [0.3, 0.4) is 0 Å². The number of carbonyl (C=O) groups excluding carboxylic acids is 2. The first-order valence-electron chi connectivity index (χ1n) is 10.6. The largest absolute Gasteiger partial charge is 0.397 e. The third-order valence-corrected chi connectivity index (χ3v) is 8.64. The number of nitrogens with one attached hydrogen (secondary N) is 1. The van der Waals surface area contributed by atoms with E-state index in [0.29, 0.717) is 21.1 Å². The molecule has 0 saturated heterocycles. The molecular formula is C24H20N4O2S2. The first kappa shape index (κ1) is 19.5. The summed E-state index contributed by atoms with van der Waals surface area (Å²) in [6, 6.07) is 10.2. The van der Waals surface area contributed by atoms with Gasteiger partial charge in [-0.1, -0.05) is 24.3 Å². The molecule has 6 nitrogen and oxygen atoms in total. The molecule has 0 fully saturated rings. The second kappa shape index (κ2) is 7.15. The standard InChI is InChI=1S/C24H20N4O2S2/c25-18-15-10-12-5-3-7-16(12)27-23(15)32-20(18)22(30)28-24-17(21(26)29)14-9-8-11-4-1-2-6-13(11)19(14)31-24/h1-2,4,6,10H,3,5,7-9,25H2,(H2,26,29)(H,28,30). The summed E-state index contributed by atoms with van der Waals surface area (Å²) < 4.78 is 0. The third-order valence-electron chi connectivity index (χ3n) is 6.34. The molecule has 0 saturated carbocycles. The summed E-state index contributed by atoms with van der Waals surface area (Å²) in [5, 5.41) is 4.25. The van der Waals surface area contributed by atoms with Crippen LogP contribution in [0.15, 0.2) is 30.3 Å². The van der Waals surface area contributed by atoms with Gasteiger partial charge in [0.25, 0.3) is 11.8 Å². The number of hydrogen-bond acceptors (Lipinski definition) is 6. The third kappa shape index (κ3) is 2.87. The molecule has 0 spiro atoms. The van der Waals surface area contributed by atoms with Gasteiger partial charge >= 0.3 is 0 Å². The van der Waals surface area contributed by atoms with E-state index >= 15 is 0 Å². The van der Waals surface area contributed by atoms with E-state index < -0.39 is 5.91 Å². The van der Waals surface area contributed by atoms with Crippen molar-refractivity contribution in [1.29, 1.82) is 0 Å². The molecule has 0 aliphatic heterocycles. The highest BCUT2D eigenvalue weighted by Crippen LogP contribution is 2.45. The number of anilines is 2. The number of nitrogens with two attached hydrogens (primary N) is 2. The average Bonchev–Trinajstić information content (AvgIpc) is 3.47. The monoisotopic (exact) mass is 460 g/mol. The van der Waals surface area contributed by atoms with Gasteiger partial charge in [-0.05, 0) is 60.4 Å². The highest BCUT2D eigenvalue weighted by molar-refractivity contribution is 7.22. The molecule has 4 aromatic rings. The summed E-state index contributed by atoms with van der Waals surface area (Å²) in [7, 11) is 0. The fourth-order valence-electron chi connectivity index (χ4n) is 4.82. The van der Waals surface area contributed by atoms with Gasteiger partial charge in [-0.3, -0.25) is 9.59 Å². The molecule has 0 unspecified atom stereocenters. The Kier molecular flexibility index (Phi) is 4.34. The molecule has 160 valence electrons. The number of amides is 2. The van der Waals surface area contributed by atoms with Gasteiger partial charge in [-0.2, -0.15) is 0 Å². The molecule has 3 heterocycles. The van der Waals surface area contributed by atoms with Crippen molar-refractivity contribution in [2.75, 3.05) is 11.1 Å². The number of fused-ring (bicyclic) bond motifs is 5. The summed E-state index contributed by atoms with van der Waals surface area (Å²) in [5.41, 5.74) is 18.5. The molecule has 32 heavy (non-hydrogen) atoms. The Morgan fingerprint density at radius 3 is 2.72 bits per heavy atom. The van der Waals surface area contributed by atoms with E-state index in [1.165, 1.54) is 33.8 Å². The van der Waals surface area contributed by atoms with Crippen LogP contribution in [0.4, 0.5) is 10.7 Å². The minimum absolute atomic E-state index is 0.333. The summed E-state index contributed by atoms with van der Waals surface area (Å²) in [5.74, 6) is -0.861. The topological polar surface area (TPSA) is 111 Å². The zero-order valence-electron chi connectivity index (χ0n) is 17.2. The molecule has 8 heteroatoms. The second-order valence-corrected chi connectivity index (χ2v) is 10.3. The number of rotatable bonds is 3. The SMILES string of the molecule is NC(=O)c1c(NC(=O)c2sc3nc4c(cc3c2N)CCC4)sc2c1CCc1ccccc1-2. The fourth-order valence-corrected chi connectivity index (χ4v) is 7.12. The summed E-state index contributed by atoms with van der Waals surface area (Å²) in [6.45, 7) is 0. The molecule has 6 rings (SSSR count).